The third-order valence-electron chi connectivity index (χ3n) is 9.34. The van der Waals surface area contributed by atoms with E-state index in [1.54, 1.807) is 22.7 Å². The average molecular weight is 632 g/mol. The van der Waals surface area contributed by atoms with Gasteiger partial charge in [-0.3, -0.25) is 9.13 Å². The van der Waals surface area contributed by atoms with E-state index in [1.807, 2.05) is 59.2 Å². The summed E-state index contributed by atoms with van der Waals surface area (Å²) in [6, 6.07) is 21.8. The molecule has 9 nitrogen and oxygen atoms in total. The lowest BCUT2D eigenvalue weighted by atomic mass is 9.90. The number of aromatic nitrogens is 4. The molecule has 2 aliphatic heterocycles. The van der Waals surface area contributed by atoms with Crippen molar-refractivity contribution in [1.82, 2.24) is 19.1 Å². The molecule has 7 rings (SSSR count). The Morgan fingerprint density at radius 3 is 2.22 bits per heavy atom. The van der Waals surface area contributed by atoms with Crippen molar-refractivity contribution in [3.63, 3.8) is 0 Å². The molecule has 2 saturated heterocycles. The van der Waals surface area contributed by atoms with E-state index >= 15 is 0 Å². The van der Waals surface area contributed by atoms with E-state index in [0.717, 1.165) is 55.6 Å². The van der Waals surface area contributed by atoms with Crippen LogP contribution in [0.2, 0.25) is 0 Å². The summed E-state index contributed by atoms with van der Waals surface area (Å²) in [7, 11) is 1.80. The molecule has 0 aliphatic carbocycles. The smallest absolute Gasteiger partial charge is 0.426 e. The fourth-order valence-electron chi connectivity index (χ4n) is 6.83. The van der Waals surface area contributed by atoms with Crippen LogP contribution in [-0.2, 0) is 19.8 Å². The lowest BCUT2D eigenvalue weighted by molar-refractivity contribution is -0.141. The summed E-state index contributed by atoms with van der Waals surface area (Å²) >= 11 is 0. The van der Waals surface area contributed by atoms with Crippen LogP contribution in [0, 0.1) is 0 Å². The Morgan fingerprint density at radius 2 is 1.54 bits per heavy atom. The molecule has 1 N–H and O–H groups in total. The lowest BCUT2D eigenvalue weighted by Crippen LogP contribution is -2.38. The molecule has 3 aromatic heterocycles. The summed E-state index contributed by atoms with van der Waals surface area (Å²) < 4.78 is 51.1. The van der Waals surface area contributed by atoms with E-state index in [1.165, 1.54) is 5.56 Å². The van der Waals surface area contributed by atoms with Crippen LogP contribution in [0.4, 0.5) is 30.7 Å². The zero-order valence-corrected chi connectivity index (χ0v) is 25.6. The maximum Gasteiger partial charge on any atom is 0.437 e. The topological polar surface area (TPSA) is 84.4 Å². The van der Waals surface area contributed by atoms with Crippen LogP contribution in [-0.4, -0.2) is 45.3 Å². The predicted octanol–water partition coefficient (Wildman–Crippen LogP) is 6.58. The summed E-state index contributed by atoms with van der Waals surface area (Å²) in [4.78, 5) is 25.4. The Morgan fingerprint density at radius 1 is 0.870 bits per heavy atom. The summed E-state index contributed by atoms with van der Waals surface area (Å²) in [5, 5.41) is 3.03. The minimum Gasteiger partial charge on any atom is -0.426 e. The average Bonchev–Trinajstić information content (AvgIpc) is 3.64. The Bertz CT molecular complexity index is 1850. The van der Waals surface area contributed by atoms with Crippen LogP contribution in [0.15, 0.2) is 82.1 Å². The van der Waals surface area contributed by atoms with E-state index in [2.05, 4.69) is 32.3 Å². The molecule has 46 heavy (non-hydrogen) atoms. The van der Waals surface area contributed by atoms with Crippen LogP contribution in [0.1, 0.15) is 54.7 Å². The standard InChI is InChI=1S/C34H36F3N7O2/c1-41-27-9-5-6-10-28(27)44(33(41)45)26-15-19-42(20-16-26)30-12-11-25(21-39-30)38-22-29-31(34(35,36)37)40-32(46-29)43-17-13-24(14-18-43)23-7-3-2-4-8-23/h2-12,21,24,26,38H,13-20,22H2,1H3. The highest BCUT2D eigenvalue weighted by molar-refractivity contribution is 5.76. The fourth-order valence-corrected chi connectivity index (χ4v) is 6.83. The maximum absolute atomic E-state index is 13.9. The maximum atomic E-state index is 13.9. The number of halogens is 3. The zero-order chi connectivity index (χ0) is 31.8. The minimum atomic E-state index is -4.63. The lowest BCUT2D eigenvalue weighted by Gasteiger charge is -2.33. The molecule has 2 aromatic carbocycles. The van der Waals surface area contributed by atoms with Crippen molar-refractivity contribution < 1.29 is 17.6 Å². The summed E-state index contributed by atoms with van der Waals surface area (Å²) in [6.07, 6.45) is 0.223. The number of oxazole rings is 1. The van der Waals surface area contributed by atoms with E-state index in [-0.39, 0.29) is 30.1 Å². The Hall–Kier alpha value is -4.74. The van der Waals surface area contributed by atoms with Gasteiger partial charge >= 0.3 is 11.9 Å². The quantitative estimate of drug-likeness (QED) is 0.217. The Kier molecular flexibility index (Phi) is 7.95. The number of aryl methyl sites for hydroxylation is 1. The first-order valence-corrected chi connectivity index (χ1v) is 15.7. The van der Waals surface area contributed by atoms with Gasteiger partial charge in [-0.2, -0.15) is 18.2 Å². The van der Waals surface area contributed by atoms with Gasteiger partial charge in [0.15, 0.2) is 11.5 Å². The number of imidazole rings is 1. The van der Waals surface area contributed by atoms with E-state index in [4.69, 9.17) is 4.42 Å². The van der Waals surface area contributed by atoms with Gasteiger partial charge in [-0.15, -0.1) is 0 Å². The van der Waals surface area contributed by atoms with Gasteiger partial charge in [-0.05, 0) is 61.4 Å². The number of fused-ring (bicyclic) bond motifs is 1. The van der Waals surface area contributed by atoms with Gasteiger partial charge in [0.25, 0.3) is 6.01 Å². The van der Waals surface area contributed by atoms with Crippen molar-refractivity contribution in [1.29, 1.82) is 0 Å². The number of hydrogen-bond acceptors (Lipinski definition) is 7. The highest BCUT2D eigenvalue weighted by Gasteiger charge is 2.40. The van der Waals surface area contributed by atoms with E-state index in [9.17, 15) is 18.0 Å². The molecule has 0 bridgehead atoms. The number of anilines is 3. The molecule has 0 radical (unpaired) electrons. The molecule has 0 spiro atoms. The molecule has 0 saturated carbocycles. The number of para-hydroxylation sites is 2. The first-order chi connectivity index (χ1) is 22.3. The molecule has 2 fully saturated rings. The van der Waals surface area contributed by atoms with Crippen molar-refractivity contribution in [2.24, 2.45) is 7.05 Å². The Labute approximate surface area is 264 Å². The second kappa shape index (κ2) is 12.2. The number of piperidine rings is 2. The van der Waals surface area contributed by atoms with Crippen molar-refractivity contribution in [2.75, 3.05) is 41.3 Å². The summed E-state index contributed by atoms with van der Waals surface area (Å²) in [6.45, 7) is 2.45. The van der Waals surface area contributed by atoms with Gasteiger partial charge in [-0.25, -0.2) is 9.78 Å². The Balaban J connectivity index is 0.973. The van der Waals surface area contributed by atoms with Gasteiger partial charge in [0.1, 0.15) is 5.82 Å². The number of nitrogens with one attached hydrogen (secondary N) is 1. The van der Waals surface area contributed by atoms with Crippen molar-refractivity contribution in [3.8, 4) is 0 Å². The van der Waals surface area contributed by atoms with Gasteiger partial charge in [0.05, 0.1) is 29.5 Å². The highest BCUT2D eigenvalue weighted by atomic mass is 19.4. The van der Waals surface area contributed by atoms with Crippen LogP contribution in [0.3, 0.4) is 0 Å². The molecule has 2 aliphatic rings. The third-order valence-corrected chi connectivity index (χ3v) is 9.34. The monoisotopic (exact) mass is 631 g/mol. The van der Waals surface area contributed by atoms with Crippen LogP contribution in [0.25, 0.3) is 11.0 Å². The highest BCUT2D eigenvalue weighted by Crippen LogP contribution is 2.37. The molecular formula is C34H36F3N7O2. The van der Waals surface area contributed by atoms with Crippen LogP contribution < -0.4 is 20.8 Å². The largest absolute Gasteiger partial charge is 0.437 e. The van der Waals surface area contributed by atoms with Gasteiger partial charge < -0.3 is 19.5 Å². The molecule has 0 unspecified atom stereocenters. The summed E-state index contributed by atoms with van der Waals surface area (Å²) in [5.74, 6) is 0.903. The number of benzene rings is 2. The number of pyridine rings is 1. The zero-order valence-electron chi connectivity index (χ0n) is 25.6. The van der Waals surface area contributed by atoms with E-state index in [0.29, 0.717) is 24.7 Å². The molecule has 5 heterocycles. The molecule has 5 aromatic rings. The second-order valence-electron chi connectivity index (χ2n) is 12.1. The van der Waals surface area contributed by atoms with Crippen molar-refractivity contribution in [2.45, 2.75) is 50.4 Å². The number of rotatable bonds is 7. The molecule has 0 atom stereocenters. The van der Waals surface area contributed by atoms with Crippen molar-refractivity contribution in [3.05, 3.63) is 100 Å². The first-order valence-electron chi connectivity index (χ1n) is 15.7. The van der Waals surface area contributed by atoms with E-state index < -0.39 is 11.9 Å². The van der Waals surface area contributed by atoms with Gasteiger partial charge in [0, 0.05) is 39.3 Å². The van der Waals surface area contributed by atoms with Crippen molar-refractivity contribution >= 4 is 28.6 Å². The first kappa shape index (κ1) is 29.9. The van der Waals surface area contributed by atoms with Gasteiger partial charge in [-0.1, -0.05) is 42.5 Å². The minimum absolute atomic E-state index is 0.00612. The summed E-state index contributed by atoms with van der Waals surface area (Å²) in [5.41, 5.74) is 2.69. The molecule has 12 heteroatoms. The third kappa shape index (κ3) is 5.83. The molecule has 0 amide bonds. The number of nitrogens with zero attached hydrogens (tertiary/aromatic N) is 6. The predicted molar refractivity (Wildman–Crippen MR) is 171 cm³/mol. The molecule has 240 valence electrons. The SMILES string of the molecule is Cn1c(=O)n(C2CCN(c3ccc(NCc4oc(N5CCC(c6ccccc6)CC5)nc4C(F)(F)F)cn3)CC2)c2ccccc21. The normalized spacial score (nSPS) is 16.8. The number of alkyl halides is 3. The fraction of sp³-hybridized carbons (Fsp3) is 0.382. The van der Waals surface area contributed by atoms with Crippen LogP contribution >= 0.6 is 0 Å². The van der Waals surface area contributed by atoms with Crippen LogP contribution in [0.5, 0.6) is 0 Å². The number of hydrogen-bond donors (Lipinski definition) is 1. The molecular weight excluding hydrogens is 595 g/mol. The van der Waals surface area contributed by atoms with Gasteiger partial charge in [0.2, 0.25) is 0 Å². The second-order valence-corrected chi connectivity index (χ2v) is 12.1.